The van der Waals surface area contributed by atoms with Gasteiger partial charge in [0, 0.05) is 18.8 Å². The van der Waals surface area contributed by atoms with Crippen LogP contribution in [0, 0.1) is 23.7 Å². The van der Waals surface area contributed by atoms with Gasteiger partial charge in [0.1, 0.15) is 0 Å². The van der Waals surface area contributed by atoms with Crippen LogP contribution in [0.5, 0.6) is 0 Å². The van der Waals surface area contributed by atoms with Crippen molar-refractivity contribution in [2.75, 3.05) is 0 Å². The van der Waals surface area contributed by atoms with Crippen LogP contribution in [-0.4, -0.2) is 44.7 Å². The van der Waals surface area contributed by atoms with Crippen molar-refractivity contribution in [3.63, 3.8) is 0 Å². The van der Waals surface area contributed by atoms with Crippen molar-refractivity contribution in [3.8, 4) is 0 Å². The number of aliphatic hydroxyl groups excluding tert-OH is 3. The molecule has 0 radical (unpaired) electrons. The van der Waals surface area contributed by atoms with Gasteiger partial charge in [-0.1, -0.05) is 50.5 Å². The first kappa shape index (κ1) is 23.1. The van der Waals surface area contributed by atoms with E-state index in [1.807, 2.05) is 24.3 Å². The zero-order chi connectivity index (χ0) is 20.5. The SMILES string of the molecule is CCCC1CCC([C@H](O)/C=C/[C@@H]2[C@@H](C/C=C\CCCC(=O)O)[C@@H](O)C[C@H]2O)C1. The summed E-state index contributed by atoms with van der Waals surface area (Å²) in [5.74, 6) is 0.0429. The Kier molecular flexibility index (Phi) is 9.69. The summed E-state index contributed by atoms with van der Waals surface area (Å²) >= 11 is 0. The summed E-state index contributed by atoms with van der Waals surface area (Å²) in [7, 11) is 0. The molecule has 2 saturated carbocycles. The lowest BCUT2D eigenvalue weighted by Crippen LogP contribution is -2.21. The number of hydrogen-bond acceptors (Lipinski definition) is 4. The minimum Gasteiger partial charge on any atom is -0.481 e. The third-order valence-corrected chi connectivity index (χ3v) is 6.54. The number of hydrogen-bond donors (Lipinski definition) is 4. The van der Waals surface area contributed by atoms with Gasteiger partial charge in [0.05, 0.1) is 18.3 Å². The molecule has 2 aliphatic carbocycles. The molecule has 28 heavy (non-hydrogen) atoms. The van der Waals surface area contributed by atoms with Crippen LogP contribution in [-0.2, 0) is 4.79 Å². The molecule has 7 atom stereocenters. The zero-order valence-electron chi connectivity index (χ0n) is 17.1. The molecule has 5 nitrogen and oxygen atoms in total. The molecular formula is C23H38O5. The fourth-order valence-electron chi connectivity index (χ4n) is 4.94. The molecule has 0 aromatic heterocycles. The van der Waals surface area contributed by atoms with Crippen LogP contribution in [0.4, 0.5) is 0 Å². The second-order valence-corrected chi connectivity index (χ2v) is 8.71. The Morgan fingerprint density at radius 3 is 2.64 bits per heavy atom. The van der Waals surface area contributed by atoms with Crippen LogP contribution in [0.1, 0.15) is 71.1 Å². The Hall–Kier alpha value is -1.17. The van der Waals surface area contributed by atoms with Crippen molar-refractivity contribution in [1.82, 2.24) is 0 Å². The molecule has 0 amide bonds. The first-order valence-corrected chi connectivity index (χ1v) is 11.0. The van der Waals surface area contributed by atoms with E-state index >= 15 is 0 Å². The molecular weight excluding hydrogens is 356 g/mol. The summed E-state index contributed by atoms with van der Waals surface area (Å²) in [6.07, 6.45) is 14.4. The summed E-state index contributed by atoms with van der Waals surface area (Å²) in [6, 6.07) is 0. The zero-order valence-corrected chi connectivity index (χ0v) is 17.1. The first-order valence-electron chi connectivity index (χ1n) is 11.0. The lowest BCUT2D eigenvalue weighted by molar-refractivity contribution is -0.137. The van der Waals surface area contributed by atoms with Gasteiger partial charge in [0.2, 0.25) is 0 Å². The molecule has 0 aromatic rings. The Morgan fingerprint density at radius 1 is 1.14 bits per heavy atom. The number of unbranched alkanes of at least 4 members (excludes halogenated alkanes) is 1. The van der Waals surface area contributed by atoms with Crippen LogP contribution in [0.25, 0.3) is 0 Å². The molecule has 0 aromatic carbocycles. The van der Waals surface area contributed by atoms with Gasteiger partial charge in [-0.3, -0.25) is 4.79 Å². The van der Waals surface area contributed by atoms with Crippen molar-refractivity contribution in [2.24, 2.45) is 23.7 Å². The number of aliphatic hydroxyl groups is 3. The molecule has 4 N–H and O–H groups in total. The largest absolute Gasteiger partial charge is 0.481 e. The van der Waals surface area contributed by atoms with Crippen LogP contribution in [0.15, 0.2) is 24.3 Å². The van der Waals surface area contributed by atoms with Crippen molar-refractivity contribution >= 4 is 5.97 Å². The quantitative estimate of drug-likeness (QED) is 0.317. The topological polar surface area (TPSA) is 98.0 Å². The summed E-state index contributed by atoms with van der Waals surface area (Å²) < 4.78 is 0. The van der Waals surface area contributed by atoms with E-state index in [0.29, 0.717) is 31.6 Å². The summed E-state index contributed by atoms with van der Waals surface area (Å²) in [4.78, 5) is 10.5. The Labute approximate surface area is 169 Å². The van der Waals surface area contributed by atoms with E-state index in [4.69, 9.17) is 5.11 Å². The number of rotatable bonds is 11. The normalized spacial score (nSPS) is 34.6. The highest BCUT2D eigenvalue weighted by molar-refractivity contribution is 5.66. The average Bonchev–Trinajstić information content (AvgIpc) is 3.21. The van der Waals surface area contributed by atoms with E-state index in [2.05, 4.69) is 6.92 Å². The Morgan fingerprint density at radius 2 is 1.93 bits per heavy atom. The molecule has 5 heteroatoms. The monoisotopic (exact) mass is 394 g/mol. The second kappa shape index (κ2) is 11.7. The first-order chi connectivity index (χ1) is 13.4. The van der Waals surface area contributed by atoms with Crippen molar-refractivity contribution in [3.05, 3.63) is 24.3 Å². The highest BCUT2D eigenvalue weighted by Crippen LogP contribution is 2.38. The maximum atomic E-state index is 10.6. The molecule has 2 aliphatic rings. The van der Waals surface area contributed by atoms with Crippen LogP contribution < -0.4 is 0 Å². The van der Waals surface area contributed by atoms with E-state index in [1.54, 1.807) is 0 Å². The van der Waals surface area contributed by atoms with Crippen LogP contribution in [0.2, 0.25) is 0 Å². The molecule has 2 rings (SSSR count). The summed E-state index contributed by atoms with van der Waals surface area (Å²) in [5, 5.41) is 39.9. The number of allylic oxidation sites excluding steroid dienone is 2. The fraction of sp³-hybridized carbons (Fsp3) is 0.783. The smallest absolute Gasteiger partial charge is 0.303 e. The van der Waals surface area contributed by atoms with Gasteiger partial charge in [0.25, 0.3) is 0 Å². The van der Waals surface area contributed by atoms with E-state index < -0.39 is 24.3 Å². The standard InChI is InChI=1S/C23H38O5/c1-2-7-16-10-11-17(14-16)20(24)13-12-19-18(21(25)15-22(19)26)8-5-3-4-6-9-23(27)28/h3,5,12-13,16-22,24-26H,2,4,6-11,14-15H2,1H3,(H,27,28)/b5-3-,13-12+/t16?,17?,18-,19-,20-,21+,22-/m1/s1. The highest BCUT2D eigenvalue weighted by Gasteiger charge is 2.39. The minimum atomic E-state index is -0.783. The van der Waals surface area contributed by atoms with E-state index in [-0.39, 0.29) is 18.3 Å². The predicted molar refractivity (Wildman–Crippen MR) is 110 cm³/mol. The number of carboxylic acid groups (broad SMARTS) is 1. The van der Waals surface area contributed by atoms with Gasteiger partial charge in [-0.2, -0.15) is 0 Å². The molecule has 0 saturated heterocycles. The maximum absolute atomic E-state index is 10.6. The van der Waals surface area contributed by atoms with Gasteiger partial charge >= 0.3 is 5.97 Å². The number of carbonyl (C=O) groups is 1. The molecule has 0 heterocycles. The number of carboxylic acids is 1. The van der Waals surface area contributed by atoms with E-state index in [1.165, 1.54) is 19.3 Å². The Balaban J connectivity index is 1.84. The molecule has 2 unspecified atom stereocenters. The minimum absolute atomic E-state index is 0.0643. The summed E-state index contributed by atoms with van der Waals surface area (Å²) in [6.45, 7) is 2.21. The van der Waals surface area contributed by atoms with Crippen molar-refractivity contribution in [1.29, 1.82) is 0 Å². The Bertz CT molecular complexity index is 529. The number of aliphatic carboxylic acids is 1. The molecule has 0 aliphatic heterocycles. The lowest BCUT2D eigenvalue weighted by atomic mass is 9.88. The summed E-state index contributed by atoms with van der Waals surface area (Å²) in [5.41, 5.74) is 0. The molecule has 160 valence electrons. The highest BCUT2D eigenvalue weighted by atomic mass is 16.4. The molecule has 0 bridgehead atoms. The van der Waals surface area contributed by atoms with Crippen molar-refractivity contribution in [2.45, 2.75) is 89.4 Å². The third kappa shape index (κ3) is 7.02. The van der Waals surface area contributed by atoms with Crippen LogP contribution in [0.3, 0.4) is 0 Å². The lowest BCUT2D eigenvalue weighted by Gasteiger charge is -2.21. The van der Waals surface area contributed by atoms with Gasteiger partial charge < -0.3 is 20.4 Å². The van der Waals surface area contributed by atoms with Gasteiger partial charge in [-0.25, -0.2) is 0 Å². The van der Waals surface area contributed by atoms with E-state index in [9.17, 15) is 20.1 Å². The third-order valence-electron chi connectivity index (χ3n) is 6.54. The molecule has 0 spiro atoms. The van der Waals surface area contributed by atoms with Crippen LogP contribution >= 0.6 is 0 Å². The fourth-order valence-corrected chi connectivity index (χ4v) is 4.94. The van der Waals surface area contributed by atoms with Gasteiger partial charge in [-0.15, -0.1) is 0 Å². The van der Waals surface area contributed by atoms with Crippen molar-refractivity contribution < 1.29 is 25.2 Å². The maximum Gasteiger partial charge on any atom is 0.303 e. The van der Waals surface area contributed by atoms with Gasteiger partial charge in [-0.05, 0) is 49.9 Å². The predicted octanol–water partition coefficient (Wildman–Crippen LogP) is 3.68. The molecule has 2 fully saturated rings. The van der Waals surface area contributed by atoms with E-state index in [0.717, 1.165) is 18.8 Å². The second-order valence-electron chi connectivity index (χ2n) is 8.71. The van der Waals surface area contributed by atoms with Gasteiger partial charge in [0.15, 0.2) is 0 Å². The average molecular weight is 395 g/mol.